The predicted molar refractivity (Wildman–Crippen MR) is 109 cm³/mol. The van der Waals surface area contributed by atoms with E-state index in [2.05, 4.69) is 40.1 Å². The van der Waals surface area contributed by atoms with E-state index in [4.69, 9.17) is 4.74 Å². The Hall–Kier alpha value is -1.28. The molecule has 2 rings (SSSR count). The number of ether oxygens (including phenoxy) is 1. The predicted octanol–water partition coefficient (Wildman–Crippen LogP) is 3.67. The second-order valence-electron chi connectivity index (χ2n) is 4.80. The fraction of sp³-hybridized carbons (Fsp3) is 0.353. The Bertz CT molecular complexity index is 570. The second-order valence-corrected chi connectivity index (χ2v) is 5.83. The molecule has 0 unspecified atom stereocenters. The highest BCUT2D eigenvalue weighted by Gasteiger charge is 1.99. The number of guanidine groups is 1. The molecule has 1 aromatic carbocycles. The first-order valence-corrected chi connectivity index (χ1v) is 8.37. The molecule has 0 spiro atoms. The van der Waals surface area contributed by atoms with Crippen LogP contribution in [-0.2, 0) is 13.0 Å². The van der Waals surface area contributed by atoms with Gasteiger partial charge in [0.1, 0.15) is 5.75 Å². The minimum atomic E-state index is 0. The molecule has 126 valence electrons. The van der Waals surface area contributed by atoms with Gasteiger partial charge in [-0.05, 0) is 42.5 Å². The third kappa shape index (κ3) is 7.22. The van der Waals surface area contributed by atoms with Gasteiger partial charge in [-0.25, -0.2) is 4.99 Å². The van der Waals surface area contributed by atoms with Crippen LogP contribution in [0.4, 0.5) is 0 Å². The lowest BCUT2D eigenvalue weighted by Crippen LogP contribution is -2.38. The van der Waals surface area contributed by atoms with E-state index in [9.17, 15) is 0 Å². The van der Waals surface area contributed by atoms with Crippen LogP contribution in [0.5, 0.6) is 5.75 Å². The lowest BCUT2D eigenvalue weighted by Gasteiger charge is -2.11. The van der Waals surface area contributed by atoms with Gasteiger partial charge in [0, 0.05) is 18.0 Å². The van der Waals surface area contributed by atoms with Gasteiger partial charge in [0.15, 0.2) is 5.96 Å². The summed E-state index contributed by atoms with van der Waals surface area (Å²) in [5.41, 5.74) is 1.16. The first kappa shape index (κ1) is 19.8. The topological polar surface area (TPSA) is 45.7 Å². The summed E-state index contributed by atoms with van der Waals surface area (Å²) in [5, 5.41) is 8.76. The molecule has 0 atom stereocenters. The van der Waals surface area contributed by atoms with Gasteiger partial charge in [-0.3, -0.25) is 0 Å². The van der Waals surface area contributed by atoms with E-state index >= 15 is 0 Å². The zero-order chi connectivity index (χ0) is 15.6. The smallest absolute Gasteiger partial charge is 0.191 e. The van der Waals surface area contributed by atoms with Crippen molar-refractivity contribution in [3.8, 4) is 5.75 Å². The van der Waals surface area contributed by atoms with Crippen molar-refractivity contribution in [1.82, 2.24) is 10.6 Å². The first-order valence-electron chi connectivity index (χ1n) is 7.49. The fourth-order valence-electron chi connectivity index (χ4n) is 2.00. The van der Waals surface area contributed by atoms with Crippen LogP contribution in [-0.4, -0.2) is 26.2 Å². The van der Waals surface area contributed by atoms with Crippen LogP contribution >= 0.6 is 35.3 Å². The zero-order valence-electron chi connectivity index (χ0n) is 13.5. The van der Waals surface area contributed by atoms with Crippen LogP contribution in [0.15, 0.2) is 46.8 Å². The van der Waals surface area contributed by atoms with Crippen molar-refractivity contribution < 1.29 is 4.74 Å². The molecule has 0 aliphatic rings. The minimum absolute atomic E-state index is 0. The lowest BCUT2D eigenvalue weighted by atomic mass is 10.2. The van der Waals surface area contributed by atoms with E-state index in [-0.39, 0.29) is 24.0 Å². The number of benzene rings is 1. The van der Waals surface area contributed by atoms with Crippen molar-refractivity contribution in [2.45, 2.75) is 19.9 Å². The van der Waals surface area contributed by atoms with Crippen LogP contribution in [0.1, 0.15) is 17.4 Å². The Balaban J connectivity index is 0.00000264. The summed E-state index contributed by atoms with van der Waals surface area (Å²) in [7, 11) is 1.67. The van der Waals surface area contributed by atoms with E-state index in [0.29, 0.717) is 6.54 Å². The average Bonchev–Trinajstić information content (AvgIpc) is 3.06. The maximum atomic E-state index is 5.16. The van der Waals surface area contributed by atoms with E-state index in [1.807, 2.05) is 24.3 Å². The molecule has 2 aromatic rings. The minimum Gasteiger partial charge on any atom is -0.497 e. The maximum absolute atomic E-state index is 5.16. The van der Waals surface area contributed by atoms with Gasteiger partial charge in [0.2, 0.25) is 0 Å². The molecular weight excluding hydrogens is 421 g/mol. The van der Waals surface area contributed by atoms with Crippen molar-refractivity contribution in [3.63, 3.8) is 0 Å². The molecule has 0 fully saturated rings. The Kier molecular flexibility index (Phi) is 9.70. The molecule has 23 heavy (non-hydrogen) atoms. The van der Waals surface area contributed by atoms with Gasteiger partial charge in [0.05, 0.1) is 13.7 Å². The molecule has 1 heterocycles. The highest BCUT2D eigenvalue weighted by molar-refractivity contribution is 14.0. The summed E-state index contributed by atoms with van der Waals surface area (Å²) < 4.78 is 5.16. The van der Waals surface area contributed by atoms with Crippen molar-refractivity contribution in [2.24, 2.45) is 4.99 Å². The number of halogens is 1. The highest BCUT2D eigenvalue weighted by Crippen LogP contribution is 2.12. The molecule has 4 nitrogen and oxygen atoms in total. The standard InChI is InChI=1S/C17H23N3OS.HI/c1-3-18-17(19-11-10-16-5-4-12-22-16)20-13-14-6-8-15(21-2)9-7-14;/h4-9,12H,3,10-11,13H2,1-2H3,(H2,18,19,20);1H. The second kappa shape index (κ2) is 11.3. The van der Waals surface area contributed by atoms with E-state index in [0.717, 1.165) is 36.8 Å². The molecule has 0 radical (unpaired) electrons. The van der Waals surface area contributed by atoms with Gasteiger partial charge in [-0.2, -0.15) is 0 Å². The molecule has 0 amide bonds. The Morgan fingerprint density at radius 2 is 1.96 bits per heavy atom. The van der Waals surface area contributed by atoms with Gasteiger partial charge in [0.25, 0.3) is 0 Å². The summed E-state index contributed by atoms with van der Waals surface area (Å²) in [6.45, 7) is 4.46. The molecule has 0 aliphatic heterocycles. The van der Waals surface area contributed by atoms with Crippen molar-refractivity contribution in [1.29, 1.82) is 0 Å². The molecule has 0 aliphatic carbocycles. The third-order valence-electron chi connectivity index (χ3n) is 3.17. The number of thiophene rings is 1. The maximum Gasteiger partial charge on any atom is 0.191 e. The summed E-state index contributed by atoms with van der Waals surface area (Å²) >= 11 is 1.79. The fourth-order valence-corrected chi connectivity index (χ4v) is 2.71. The molecule has 0 saturated heterocycles. The number of hydrogen-bond donors (Lipinski definition) is 2. The lowest BCUT2D eigenvalue weighted by molar-refractivity contribution is 0.414. The van der Waals surface area contributed by atoms with Gasteiger partial charge >= 0.3 is 0 Å². The summed E-state index contributed by atoms with van der Waals surface area (Å²) in [5.74, 6) is 1.73. The van der Waals surface area contributed by atoms with Crippen molar-refractivity contribution in [2.75, 3.05) is 20.2 Å². The Morgan fingerprint density at radius 1 is 1.17 bits per heavy atom. The van der Waals surface area contributed by atoms with Crippen LogP contribution < -0.4 is 15.4 Å². The van der Waals surface area contributed by atoms with Crippen LogP contribution in [0.3, 0.4) is 0 Å². The average molecular weight is 445 g/mol. The number of hydrogen-bond acceptors (Lipinski definition) is 3. The number of aliphatic imine (C=N–C) groups is 1. The molecule has 6 heteroatoms. The Labute approximate surface area is 159 Å². The Morgan fingerprint density at radius 3 is 2.57 bits per heavy atom. The summed E-state index contributed by atoms with van der Waals surface area (Å²) in [6, 6.07) is 12.2. The van der Waals surface area contributed by atoms with Gasteiger partial charge < -0.3 is 15.4 Å². The molecule has 0 bridgehead atoms. The van der Waals surface area contributed by atoms with Crippen LogP contribution in [0, 0.1) is 0 Å². The number of methoxy groups -OCH3 is 1. The molecule has 2 N–H and O–H groups in total. The van der Waals surface area contributed by atoms with Crippen molar-refractivity contribution >= 4 is 41.3 Å². The van der Waals surface area contributed by atoms with Gasteiger partial charge in [-0.1, -0.05) is 18.2 Å². The number of nitrogens with zero attached hydrogens (tertiary/aromatic N) is 1. The summed E-state index contributed by atoms with van der Waals surface area (Å²) in [4.78, 5) is 6.00. The quantitative estimate of drug-likeness (QED) is 0.389. The summed E-state index contributed by atoms with van der Waals surface area (Å²) in [6.07, 6.45) is 1.02. The highest BCUT2D eigenvalue weighted by atomic mass is 127. The zero-order valence-corrected chi connectivity index (χ0v) is 16.7. The van der Waals surface area contributed by atoms with E-state index in [1.54, 1.807) is 18.4 Å². The largest absolute Gasteiger partial charge is 0.497 e. The van der Waals surface area contributed by atoms with E-state index in [1.165, 1.54) is 4.88 Å². The number of nitrogens with one attached hydrogen (secondary N) is 2. The molecule has 1 aromatic heterocycles. The molecule has 0 saturated carbocycles. The number of rotatable bonds is 7. The normalized spacial score (nSPS) is 10.8. The SMILES string of the molecule is CCNC(=NCc1ccc(OC)cc1)NCCc1cccs1.I. The van der Waals surface area contributed by atoms with Crippen LogP contribution in [0.2, 0.25) is 0 Å². The monoisotopic (exact) mass is 445 g/mol. The molecular formula is C17H24IN3OS. The van der Waals surface area contributed by atoms with Gasteiger partial charge in [-0.15, -0.1) is 35.3 Å². The van der Waals surface area contributed by atoms with Crippen molar-refractivity contribution in [3.05, 3.63) is 52.2 Å². The first-order chi connectivity index (χ1) is 10.8. The third-order valence-corrected chi connectivity index (χ3v) is 4.10. The van der Waals surface area contributed by atoms with Crippen LogP contribution in [0.25, 0.3) is 0 Å². The van der Waals surface area contributed by atoms with E-state index < -0.39 is 0 Å².